The number of ether oxygens (including phenoxy) is 2. The molecular formula is C11H20O3. The Balaban J connectivity index is 1.94. The maximum absolute atomic E-state index is 10.8. The fourth-order valence-electron chi connectivity index (χ4n) is 1.54. The molecule has 0 N–H and O–H groups in total. The van der Waals surface area contributed by atoms with E-state index in [9.17, 15) is 4.79 Å². The number of unbranched alkanes of at least 4 members (excludes halogenated alkanes) is 4. The summed E-state index contributed by atoms with van der Waals surface area (Å²) >= 11 is 0. The van der Waals surface area contributed by atoms with E-state index < -0.39 is 0 Å². The lowest BCUT2D eigenvalue weighted by molar-refractivity contribution is -0.188. The second-order valence-corrected chi connectivity index (χ2v) is 3.79. The highest BCUT2D eigenvalue weighted by Gasteiger charge is 2.18. The van der Waals surface area contributed by atoms with Gasteiger partial charge in [0.05, 0.1) is 0 Å². The number of Topliss-reactive ketones (excluding diaryl/α,β-unsaturated/α-hetero) is 1. The summed E-state index contributed by atoms with van der Waals surface area (Å²) in [5.41, 5.74) is 0. The van der Waals surface area contributed by atoms with Crippen molar-refractivity contribution >= 4 is 5.78 Å². The van der Waals surface area contributed by atoms with Crippen molar-refractivity contribution in [1.29, 1.82) is 0 Å². The van der Waals surface area contributed by atoms with E-state index in [1.165, 1.54) is 25.7 Å². The lowest BCUT2D eigenvalue weighted by Gasteiger charge is -2.22. The van der Waals surface area contributed by atoms with Crippen LogP contribution in [0.2, 0.25) is 0 Å². The molecule has 1 saturated heterocycles. The zero-order valence-corrected chi connectivity index (χ0v) is 8.96. The Morgan fingerprint density at radius 3 is 2.43 bits per heavy atom. The molecule has 0 unspecified atom stereocenters. The summed E-state index contributed by atoms with van der Waals surface area (Å²) in [5.74, 6) is 0.0484. The quantitative estimate of drug-likeness (QED) is 0.617. The first-order valence-electron chi connectivity index (χ1n) is 5.58. The molecule has 3 nitrogen and oxygen atoms in total. The van der Waals surface area contributed by atoms with Gasteiger partial charge in [-0.25, -0.2) is 0 Å². The molecule has 14 heavy (non-hydrogen) atoms. The van der Waals surface area contributed by atoms with E-state index in [0.717, 1.165) is 12.8 Å². The van der Waals surface area contributed by atoms with Gasteiger partial charge in [0.25, 0.3) is 0 Å². The van der Waals surface area contributed by atoms with E-state index in [0.29, 0.717) is 0 Å². The summed E-state index contributed by atoms with van der Waals surface area (Å²) in [6.45, 7) is 2.68. The lowest BCUT2D eigenvalue weighted by Crippen LogP contribution is -2.31. The second kappa shape index (κ2) is 6.96. The Kier molecular flexibility index (Phi) is 5.80. The molecule has 1 rings (SSSR count). The summed E-state index contributed by atoms with van der Waals surface area (Å²) in [6.07, 6.45) is 7.05. The van der Waals surface area contributed by atoms with Crippen LogP contribution in [0.25, 0.3) is 0 Å². The van der Waals surface area contributed by atoms with Gasteiger partial charge in [-0.3, -0.25) is 4.79 Å². The largest absolute Gasteiger partial charge is 0.345 e. The minimum atomic E-state index is -0.130. The highest BCUT2D eigenvalue weighted by atomic mass is 16.7. The number of hydrogen-bond donors (Lipinski definition) is 0. The topological polar surface area (TPSA) is 35.5 Å². The van der Waals surface area contributed by atoms with Gasteiger partial charge in [-0.05, 0) is 12.8 Å². The molecule has 0 spiro atoms. The minimum Gasteiger partial charge on any atom is -0.345 e. The van der Waals surface area contributed by atoms with Gasteiger partial charge >= 0.3 is 0 Å². The molecule has 3 heteroatoms. The third-order valence-corrected chi connectivity index (χ3v) is 2.40. The van der Waals surface area contributed by atoms with Gasteiger partial charge in [-0.1, -0.05) is 32.6 Å². The third-order valence-electron chi connectivity index (χ3n) is 2.40. The Bertz CT molecular complexity index is 158. The Morgan fingerprint density at radius 2 is 1.79 bits per heavy atom. The fourth-order valence-corrected chi connectivity index (χ4v) is 1.54. The molecular weight excluding hydrogens is 180 g/mol. The van der Waals surface area contributed by atoms with E-state index in [1.807, 2.05) is 0 Å². The Hall–Kier alpha value is -0.410. The fraction of sp³-hybridized carbons (Fsp3) is 0.909. The van der Waals surface area contributed by atoms with Gasteiger partial charge in [0.2, 0.25) is 0 Å². The Morgan fingerprint density at radius 1 is 1.14 bits per heavy atom. The van der Waals surface area contributed by atoms with Crippen LogP contribution in [0.3, 0.4) is 0 Å². The Labute approximate surface area is 85.8 Å². The van der Waals surface area contributed by atoms with Gasteiger partial charge in [0.1, 0.15) is 13.2 Å². The molecule has 1 heterocycles. The van der Waals surface area contributed by atoms with E-state index >= 15 is 0 Å². The third kappa shape index (κ3) is 4.72. The van der Waals surface area contributed by atoms with Crippen molar-refractivity contribution < 1.29 is 14.3 Å². The molecule has 1 aliphatic heterocycles. The van der Waals surface area contributed by atoms with Crippen LogP contribution < -0.4 is 0 Å². The van der Waals surface area contributed by atoms with Gasteiger partial charge < -0.3 is 9.47 Å². The van der Waals surface area contributed by atoms with Crippen molar-refractivity contribution in [3.05, 3.63) is 0 Å². The number of rotatable bonds is 6. The van der Waals surface area contributed by atoms with Crippen LogP contribution in [-0.2, 0) is 14.3 Å². The molecule has 1 fully saturated rings. The smallest absolute Gasteiger partial charge is 0.184 e. The molecule has 0 aliphatic carbocycles. The van der Waals surface area contributed by atoms with E-state index in [2.05, 4.69) is 6.92 Å². The van der Waals surface area contributed by atoms with Crippen molar-refractivity contribution in [2.45, 2.75) is 51.7 Å². The highest BCUT2D eigenvalue weighted by Crippen LogP contribution is 2.12. The molecule has 1 aliphatic rings. The normalized spacial score (nSPS) is 18.8. The summed E-state index contributed by atoms with van der Waals surface area (Å²) in [6, 6.07) is 0. The van der Waals surface area contributed by atoms with Crippen LogP contribution in [0, 0.1) is 0 Å². The average molecular weight is 200 g/mol. The molecule has 0 aromatic heterocycles. The van der Waals surface area contributed by atoms with E-state index in [1.54, 1.807) is 0 Å². The zero-order chi connectivity index (χ0) is 10.2. The molecule has 0 atom stereocenters. The predicted molar refractivity (Wildman–Crippen MR) is 54.1 cm³/mol. The van der Waals surface area contributed by atoms with Crippen molar-refractivity contribution in [2.75, 3.05) is 13.2 Å². The van der Waals surface area contributed by atoms with Crippen LogP contribution in [0.15, 0.2) is 0 Å². The number of hydrogen-bond acceptors (Lipinski definition) is 3. The SMILES string of the molecule is CCCCCCCC1OCC(=O)CO1. The van der Waals surface area contributed by atoms with Crippen LogP contribution in [0.4, 0.5) is 0 Å². The number of ketones is 1. The summed E-state index contributed by atoms with van der Waals surface area (Å²) in [7, 11) is 0. The van der Waals surface area contributed by atoms with Gasteiger partial charge in [0.15, 0.2) is 12.1 Å². The van der Waals surface area contributed by atoms with Crippen molar-refractivity contribution in [1.82, 2.24) is 0 Å². The van der Waals surface area contributed by atoms with Crippen LogP contribution in [0.5, 0.6) is 0 Å². The lowest BCUT2D eigenvalue weighted by atomic mass is 10.1. The molecule has 0 aromatic rings. The number of carbonyl (C=O) groups excluding carboxylic acids is 1. The summed E-state index contributed by atoms with van der Waals surface area (Å²) in [5, 5.41) is 0. The summed E-state index contributed by atoms with van der Waals surface area (Å²) in [4.78, 5) is 10.8. The van der Waals surface area contributed by atoms with Crippen molar-refractivity contribution in [2.24, 2.45) is 0 Å². The van der Waals surface area contributed by atoms with E-state index in [4.69, 9.17) is 9.47 Å². The maximum atomic E-state index is 10.8. The molecule has 82 valence electrons. The first-order chi connectivity index (χ1) is 6.83. The van der Waals surface area contributed by atoms with Gasteiger partial charge in [0, 0.05) is 0 Å². The van der Waals surface area contributed by atoms with Crippen LogP contribution >= 0.6 is 0 Å². The predicted octanol–water partition coefficient (Wildman–Crippen LogP) is 2.29. The van der Waals surface area contributed by atoms with Crippen molar-refractivity contribution in [3.8, 4) is 0 Å². The highest BCUT2D eigenvalue weighted by molar-refractivity contribution is 5.81. The number of carbonyl (C=O) groups is 1. The van der Waals surface area contributed by atoms with Crippen LogP contribution in [-0.4, -0.2) is 25.3 Å². The minimum absolute atomic E-state index is 0.0484. The second-order valence-electron chi connectivity index (χ2n) is 3.79. The molecule has 0 saturated carbocycles. The molecule has 0 amide bonds. The van der Waals surface area contributed by atoms with Gasteiger partial charge in [-0.2, -0.15) is 0 Å². The monoisotopic (exact) mass is 200 g/mol. The first-order valence-corrected chi connectivity index (χ1v) is 5.58. The molecule has 0 aromatic carbocycles. The first kappa shape index (κ1) is 11.7. The zero-order valence-electron chi connectivity index (χ0n) is 8.96. The maximum Gasteiger partial charge on any atom is 0.184 e. The summed E-state index contributed by atoms with van der Waals surface area (Å²) < 4.78 is 10.4. The van der Waals surface area contributed by atoms with Crippen LogP contribution in [0.1, 0.15) is 45.4 Å². The van der Waals surface area contributed by atoms with Gasteiger partial charge in [-0.15, -0.1) is 0 Å². The standard InChI is InChI=1S/C11H20O3/c1-2-3-4-5-6-7-11-13-8-10(12)9-14-11/h11H,2-9H2,1H3. The molecule has 0 bridgehead atoms. The van der Waals surface area contributed by atoms with Crippen molar-refractivity contribution in [3.63, 3.8) is 0 Å². The van der Waals surface area contributed by atoms with E-state index in [-0.39, 0.29) is 25.3 Å². The average Bonchev–Trinajstić information content (AvgIpc) is 2.21. The molecule has 0 radical (unpaired) electrons.